The zero-order valence-corrected chi connectivity index (χ0v) is 15.1. The monoisotopic (exact) mass is 369 g/mol. The quantitative estimate of drug-likeness (QED) is 0.673. The van der Waals surface area contributed by atoms with E-state index in [2.05, 4.69) is 0 Å². The van der Waals surface area contributed by atoms with Gasteiger partial charge in [0.05, 0.1) is 5.56 Å². The van der Waals surface area contributed by atoms with Crippen LogP contribution in [0.1, 0.15) is 61.5 Å². The summed E-state index contributed by atoms with van der Waals surface area (Å²) < 4.78 is 44.1. The molecule has 3 rings (SSSR count). The van der Waals surface area contributed by atoms with Gasteiger partial charge in [-0.05, 0) is 51.3 Å². The fourth-order valence-corrected chi connectivity index (χ4v) is 3.80. The molecule has 0 radical (unpaired) electrons. The van der Waals surface area contributed by atoms with Crippen LogP contribution in [0.5, 0.6) is 0 Å². The molecule has 0 saturated carbocycles. The first-order valence-corrected chi connectivity index (χ1v) is 8.64. The van der Waals surface area contributed by atoms with Crippen LogP contribution in [0.2, 0.25) is 0 Å². The first-order chi connectivity index (χ1) is 11.9. The fourth-order valence-electron chi connectivity index (χ4n) is 3.80. The molecule has 7 heteroatoms. The Hall–Kier alpha value is -2.05. The topological polar surface area (TPSA) is 46.6 Å². The highest BCUT2D eigenvalue weighted by molar-refractivity contribution is 6.02. The third-order valence-corrected chi connectivity index (χ3v) is 5.09. The summed E-state index contributed by atoms with van der Waals surface area (Å²) in [5.41, 5.74) is -1.01. The molecule has 1 saturated heterocycles. The number of ether oxygens (including phenoxy) is 1. The highest BCUT2D eigenvalue weighted by atomic mass is 19.4. The van der Waals surface area contributed by atoms with Crippen molar-refractivity contribution in [3.63, 3.8) is 0 Å². The van der Waals surface area contributed by atoms with Crippen LogP contribution in [-0.2, 0) is 16.3 Å². The van der Waals surface area contributed by atoms with Gasteiger partial charge < -0.3 is 9.64 Å². The number of hydrogen-bond donors (Lipinski definition) is 0. The third kappa shape index (κ3) is 3.44. The van der Waals surface area contributed by atoms with E-state index in [0.29, 0.717) is 31.5 Å². The molecule has 142 valence electrons. The lowest BCUT2D eigenvalue weighted by Crippen LogP contribution is -2.46. The Labute approximate surface area is 150 Å². The van der Waals surface area contributed by atoms with Gasteiger partial charge in [0.25, 0.3) is 0 Å². The van der Waals surface area contributed by atoms with Crippen LogP contribution in [0.15, 0.2) is 18.2 Å². The maximum Gasteiger partial charge on any atom is 0.416 e. The number of rotatable bonds is 0. The highest BCUT2D eigenvalue weighted by Gasteiger charge is 2.47. The van der Waals surface area contributed by atoms with E-state index in [4.69, 9.17) is 4.74 Å². The van der Waals surface area contributed by atoms with Gasteiger partial charge in [-0.3, -0.25) is 4.79 Å². The number of nitrogens with zero attached hydrogens (tertiary/aromatic N) is 1. The summed E-state index contributed by atoms with van der Waals surface area (Å²) in [5, 5.41) is 0. The second-order valence-electron chi connectivity index (χ2n) is 8.11. The summed E-state index contributed by atoms with van der Waals surface area (Å²) in [6.07, 6.45) is -3.59. The minimum atomic E-state index is -4.47. The van der Waals surface area contributed by atoms with Gasteiger partial charge in [0.2, 0.25) is 0 Å². The summed E-state index contributed by atoms with van der Waals surface area (Å²) >= 11 is 0. The van der Waals surface area contributed by atoms with Crippen LogP contribution in [0.25, 0.3) is 0 Å². The van der Waals surface area contributed by atoms with E-state index in [1.54, 1.807) is 25.7 Å². The van der Waals surface area contributed by atoms with Crippen molar-refractivity contribution in [3.8, 4) is 0 Å². The van der Waals surface area contributed by atoms with E-state index in [0.717, 1.165) is 12.1 Å². The Morgan fingerprint density at radius 2 is 1.77 bits per heavy atom. The number of carbonyl (C=O) groups excluding carboxylic acids is 2. The number of likely N-dealkylation sites (tertiary alicyclic amines) is 1. The van der Waals surface area contributed by atoms with Crippen molar-refractivity contribution in [2.45, 2.75) is 57.2 Å². The SMILES string of the molecule is CC(C)(C)OC(=O)N1CCC2(CC1)CC(=O)c1cc(C(F)(F)F)ccc12. The van der Waals surface area contributed by atoms with Gasteiger partial charge in [-0.15, -0.1) is 0 Å². The van der Waals surface area contributed by atoms with E-state index in [1.165, 1.54) is 6.07 Å². The standard InChI is InChI=1S/C19H22F3NO3/c1-17(2,3)26-16(25)23-8-6-18(7-9-23)11-15(24)13-10-12(19(20,21)22)4-5-14(13)18/h4-5,10H,6-9,11H2,1-3H3. The van der Waals surface area contributed by atoms with Crippen molar-refractivity contribution in [1.82, 2.24) is 4.90 Å². The maximum absolute atomic E-state index is 12.9. The molecule has 2 aliphatic rings. The molecule has 1 fully saturated rings. The predicted octanol–water partition coefficient (Wildman–Crippen LogP) is 4.56. The Balaban J connectivity index is 1.79. The highest BCUT2D eigenvalue weighted by Crippen LogP contribution is 2.47. The Morgan fingerprint density at radius 3 is 2.31 bits per heavy atom. The zero-order chi connectivity index (χ0) is 19.3. The molecule has 1 spiro atoms. The largest absolute Gasteiger partial charge is 0.444 e. The van der Waals surface area contributed by atoms with Crippen molar-refractivity contribution in [2.24, 2.45) is 0 Å². The van der Waals surface area contributed by atoms with Crippen molar-refractivity contribution in [1.29, 1.82) is 0 Å². The summed E-state index contributed by atoms with van der Waals surface area (Å²) in [7, 11) is 0. The van der Waals surface area contributed by atoms with E-state index in [9.17, 15) is 22.8 Å². The molecular weight excluding hydrogens is 347 g/mol. The summed E-state index contributed by atoms with van der Waals surface area (Å²) in [5.74, 6) is -0.253. The number of amides is 1. The number of hydrogen-bond acceptors (Lipinski definition) is 3. The summed E-state index contributed by atoms with van der Waals surface area (Å²) in [6.45, 7) is 6.21. The first kappa shape index (κ1) is 18.7. The average molecular weight is 369 g/mol. The molecule has 1 aliphatic carbocycles. The number of fused-ring (bicyclic) bond motifs is 2. The lowest BCUT2D eigenvalue weighted by molar-refractivity contribution is -0.137. The van der Waals surface area contributed by atoms with Gasteiger partial charge in [0.1, 0.15) is 5.60 Å². The number of carbonyl (C=O) groups is 2. The van der Waals surface area contributed by atoms with Gasteiger partial charge in [0, 0.05) is 30.5 Å². The number of Topliss-reactive ketones (excluding diaryl/α,β-unsaturated/α-hetero) is 1. The maximum atomic E-state index is 12.9. The van der Waals surface area contributed by atoms with Crippen LogP contribution in [0.3, 0.4) is 0 Å². The van der Waals surface area contributed by atoms with E-state index in [1.807, 2.05) is 0 Å². The zero-order valence-electron chi connectivity index (χ0n) is 15.1. The number of halogens is 3. The number of benzene rings is 1. The summed E-state index contributed by atoms with van der Waals surface area (Å²) in [6, 6.07) is 3.44. The van der Waals surface area contributed by atoms with Gasteiger partial charge in [-0.1, -0.05) is 6.07 Å². The van der Waals surface area contributed by atoms with Crippen LogP contribution in [0.4, 0.5) is 18.0 Å². The number of alkyl halides is 3. The molecule has 1 aromatic rings. The van der Waals surface area contributed by atoms with Gasteiger partial charge >= 0.3 is 12.3 Å². The molecule has 0 N–H and O–H groups in total. The first-order valence-electron chi connectivity index (χ1n) is 8.64. The van der Waals surface area contributed by atoms with Crippen molar-refractivity contribution in [3.05, 3.63) is 34.9 Å². The molecule has 4 nitrogen and oxygen atoms in total. The van der Waals surface area contributed by atoms with Crippen LogP contribution < -0.4 is 0 Å². The molecule has 0 atom stereocenters. The fraction of sp³-hybridized carbons (Fsp3) is 0.579. The van der Waals surface area contributed by atoms with Crippen LogP contribution >= 0.6 is 0 Å². The van der Waals surface area contributed by atoms with Crippen LogP contribution in [-0.4, -0.2) is 35.5 Å². The normalized spacial score (nSPS) is 19.6. The minimum absolute atomic E-state index is 0.172. The molecule has 1 heterocycles. The van der Waals surface area contributed by atoms with Gasteiger partial charge in [-0.25, -0.2) is 4.79 Å². The predicted molar refractivity (Wildman–Crippen MR) is 89.1 cm³/mol. The molecule has 0 aromatic heterocycles. The molecule has 0 bridgehead atoms. The number of ketones is 1. The molecule has 1 aromatic carbocycles. The molecule has 1 amide bonds. The van der Waals surface area contributed by atoms with Crippen molar-refractivity contribution < 1.29 is 27.5 Å². The molecular formula is C19H22F3NO3. The van der Waals surface area contributed by atoms with Crippen molar-refractivity contribution in [2.75, 3.05) is 13.1 Å². The second-order valence-corrected chi connectivity index (χ2v) is 8.11. The Kier molecular flexibility index (Phi) is 4.32. The van der Waals surface area contributed by atoms with E-state index in [-0.39, 0.29) is 17.8 Å². The number of piperidine rings is 1. The van der Waals surface area contributed by atoms with Gasteiger partial charge in [-0.2, -0.15) is 13.2 Å². The lowest BCUT2D eigenvalue weighted by Gasteiger charge is -2.40. The third-order valence-electron chi connectivity index (χ3n) is 5.09. The Morgan fingerprint density at radius 1 is 1.15 bits per heavy atom. The van der Waals surface area contributed by atoms with E-state index >= 15 is 0 Å². The second kappa shape index (κ2) is 5.99. The van der Waals surface area contributed by atoms with Crippen molar-refractivity contribution >= 4 is 11.9 Å². The minimum Gasteiger partial charge on any atom is -0.444 e. The molecule has 26 heavy (non-hydrogen) atoms. The molecule has 0 unspecified atom stereocenters. The lowest BCUT2D eigenvalue weighted by atomic mass is 9.74. The van der Waals surface area contributed by atoms with Gasteiger partial charge in [0.15, 0.2) is 5.78 Å². The van der Waals surface area contributed by atoms with Crippen LogP contribution in [0, 0.1) is 0 Å². The Bertz CT molecular complexity index is 741. The van der Waals surface area contributed by atoms with E-state index < -0.39 is 28.8 Å². The summed E-state index contributed by atoms with van der Waals surface area (Å²) in [4.78, 5) is 26.1. The molecule has 1 aliphatic heterocycles. The average Bonchev–Trinajstić information content (AvgIpc) is 2.77. The smallest absolute Gasteiger partial charge is 0.416 e.